The Bertz CT molecular complexity index is 1100. The summed E-state index contributed by atoms with van der Waals surface area (Å²) in [5.74, 6) is 1.56. The molecule has 2 aromatic carbocycles. The van der Waals surface area contributed by atoms with E-state index in [1.54, 1.807) is 19.3 Å². The molecule has 1 heterocycles. The number of rotatable bonds is 10. The van der Waals surface area contributed by atoms with Crippen molar-refractivity contribution < 1.29 is 14.3 Å². The largest absolute Gasteiger partial charge is 0.493 e. The van der Waals surface area contributed by atoms with Gasteiger partial charge in [0.1, 0.15) is 6.61 Å². The molecule has 168 valence electrons. The minimum absolute atomic E-state index is 0.0674. The van der Waals surface area contributed by atoms with Crippen molar-refractivity contribution in [2.75, 3.05) is 18.2 Å². The van der Waals surface area contributed by atoms with Crippen LogP contribution in [0, 0.1) is 0 Å². The maximum absolute atomic E-state index is 12.4. The molecular formula is C21H19Cl3N4O3S. The summed E-state index contributed by atoms with van der Waals surface area (Å²) in [6.07, 6.45) is 1.72. The van der Waals surface area contributed by atoms with Gasteiger partial charge in [0.15, 0.2) is 22.5 Å². The second-order valence-corrected chi connectivity index (χ2v) is 8.51. The van der Waals surface area contributed by atoms with Crippen LogP contribution in [0.5, 0.6) is 11.5 Å². The highest BCUT2D eigenvalue weighted by Crippen LogP contribution is 2.34. The van der Waals surface area contributed by atoms with Crippen molar-refractivity contribution >= 4 is 58.2 Å². The van der Waals surface area contributed by atoms with E-state index in [1.165, 1.54) is 23.9 Å². The van der Waals surface area contributed by atoms with E-state index in [2.05, 4.69) is 22.1 Å². The number of allylic oxidation sites excluding steroid dienone is 1. The number of carbonyl (C=O) groups is 1. The molecule has 32 heavy (non-hydrogen) atoms. The molecular weight excluding hydrogens is 495 g/mol. The van der Waals surface area contributed by atoms with Crippen molar-refractivity contribution in [3.63, 3.8) is 0 Å². The van der Waals surface area contributed by atoms with Gasteiger partial charge in [-0.2, -0.15) is 0 Å². The second kappa shape index (κ2) is 11.5. The molecule has 0 spiro atoms. The van der Waals surface area contributed by atoms with E-state index in [9.17, 15) is 4.79 Å². The van der Waals surface area contributed by atoms with Gasteiger partial charge in [-0.3, -0.25) is 9.36 Å². The fraction of sp³-hybridized carbons (Fsp3) is 0.190. The van der Waals surface area contributed by atoms with Crippen LogP contribution in [0.1, 0.15) is 5.82 Å². The quantitative estimate of drug-likeness (QED) is 0.275. The van der Waals surface area contributed by atoms with E-state index in [4.69, 9.17) is 44.3 Å². The molecule has 0 saturated heterocycles. The molecule has 11 heteroatoms. The summed E-state index contributed by atoms with van der Waals surface area (Å²) < 4.78 is 13.0. The van der Waals surface area contributed by atoms with E-state index >= 15 is 0 Å². The topological polar surface area (TPSA) is 78.3 Å². The van der Waals surface area contributed by atoms with Gasteiger partial charge in [-0.05, 0) is 24.3 Å². The third kappa shape index (κ3) is 6.10. The van der Waals surface area contributed by atoms with Gasteiger partial charge in [-0.25, -0.2) is 0 Å². The fourth-order valence-electron chi connectivity index (χ4n) is 2.69. The Morgan fingerprint density at radius 3 is 2.53 bits per heavy atom. The molecule has 1 aromatic heterocycles. The van der Waals surface area contributed by atoms with Crippen LogP contribution in [-0.4, -0.2) is 33.5 Å². The van der Waals surface area contributed by atoms with Crippen molar-refractivity contribution in [2.24, 2.45) is 0 Å². The predicted octanol–water partition coefficient (Wildman–Crippen LogP) is 5.74. The molecule has 0 aliphatic heterocycles. The predicted molar refractivity (Wildman–Crippen MR) is 128 cm³/mol. The van der Waals surface area contributed by atoms with Gasteiger partial charge < -0.3 is 14.8 Å². The number of nitrogens with one attached hydrogen (secondary N) is 1. The summed E-state index contributed by atoms with van der Waals surface area (Å²) in [5.41, 5.74) is 0.307. The monoisotopic (exact) mass is 512 g/mol. The number of nitrogens with zero attached hydrogens (tertiary/aromatic N) is 3. The average Bonchev–Trinajstić information content (AvgIpc) is 3.15. The summed E-state index contributed by atoms with van der Waals surface area (Å²) in [5, 5.41) is 12.5. The molecule has 0 radical (unpaired) electrons. The van der Waals surface area contributed by atoms with Crippen LogP contribution in [0.3, 0.4) is 0 Å². The number of benzene rings is 2. The Morgan fingerprint density at radius 2 is 1.88 bits per heavy atom. The summed E-state index contributed by atoms with van der Waals surface area (Å²) in [7, 11) is 1.58. The second-order valence-electron chi connectivity index (χ2n) is 6.32. The highest BCUT2D eigenvalue weighted by molar-refractivity contribution is 7.99. The lowest BCUT2D eigenvalue weighted by Gasteiger charge is -2.12. The number of para-hydroxylation sites is 2. The first-order chi connectivity index (χ1) is 15.4. The number of thioether (sulfide) groups is 1. The Kier molecular flexibility index (Phi) is 8.69. The van der Waals surface area contributed by atoms with Gasteiger partial charge in [0.05, 0.1) is 28.6 Å². The van der Waals surface area contributed by atoms with Crippen LogP contribution >= 0.6 is 46.6 Å². The highest BCUT2D eigenvalue weighted by atomic mass is 35.5. The third-order valence-electron chi connectivity index (χ3n) is 4.13. The number of hydrogen-bond donors (Lipinski definition) is 1. The first-order valence-electron chi connectivity index (χ1n) is 9.29. The van der Waals surface area contributed by atoms with Crippen molar-refractivity contribution in [3.8, 4) is 11.5 Å². The number of methoxy groups -OCH3 is 1. The number of aromatic nitrogens is 3. The van der Waals surface area contributed by atoms with Crippen LogP contribution in [0.25, 0.3) is 0 Å². The van der Waals surface area contributed by atoms with Crippen LogP contribution in [-0.2, 0) is 17.9 Å². The molecule has 0 aliphatic carbocycles. The average molecular weight is 514 g/mol. The summed E-state index contributed by atoms with van der Waals surface area (Å²) in [6.45, 7) is 4.40. The van der Waals surface area contributed by atoms with Crippen molar-refractivity contribution in [3.05, 3.63) is 69.9 Å². The summed E-state index contributed by atoms with van der Waals surface area (Å²) >= 11 is 19.4. The van der Waals surface area contributed by atoms with Crippen molar-refractivity contribution in [1.82, 2.24) is 14.8 Å². The van der Waals surface area contributed by atoms with Gasteiger partial charge in [-0.1, -0.05) is 64.8 Å². The molecule has 1 amide bonds. The molecule has 0 aliphatic rings. The Hall–Kier alpha value is -2.39. The van der Waals surface area contributed by atoms with Gasteiger partial charge in [0.2, 0.25) is 5.91 Å². The fourth-order valence-corrected chi connectivity index (χ4v) is 4.37. The first kappa shape index (κ1) is 24.3. The van der Waals surface area contributed by atoms with E-state index in [0.29, 0.717) is 39.7 Å². The maximum atomic E-state index is 12.4. The van der Waals surface area contributed by atoms with Gasteiger partial charge in [0, 0.05) is 11.6 Å². The lowest BCUT2D eigenvalue weighted by molar-refractivity contribution is -0.113. The molecule has 0 fully saturated rings. The molecule has 7 nitrogen and oxygen atoms in total. The summed E-state index contributed by atoms with van der Waals surface area (Å²) in [4.78, 5) is 12.4. The normalized spacial score (nSPS) is 10.6. The van der Waals surface area contributed by atoms with Crippen LogP contribution in [0.15, 0.2) is 54.2 Å². The van der Waals surface area contributed by atoms with Crippen LogP contribution in [0.2, 0.25) is 15.1 Å². The van der Waals surface area contributed by atoms with E-state index in [0.717, 1.165) is 0 Å². The number of halogens is 3. The Balaban J connectivity index is 1.66. The first-order valence-corrected chi connectivity index (χ1v) is 11.4. The number of amides is 1. The minimum atomic E-state index is -0.305. The minimum Gasteiger partial charge on any atom is -0.493 e. The third-order valence-corrected chi connectivity index (χ3v) is 5.92. The number of ether oxygens (including phenoxy) is 2. The zero-order chi connectivity index (χ0) is 23.1. The number of carbonyl (C=O) groups excluding carboxylic acids is 1. The molecule has 3 rings (SSSR count). The molecule has 3 aromatic rings. The van der Waals surface area contributed by atoms with E-state index in [-0.39, 0.29) is 28.3 Å². The van der Waals surface area contributed by atoms with Gasteiger partial charge >= 0.3 is 0 Å². The van der Waals surface area contributed by atoms with Crippen molar-refractivity contribution in [2.45, 2.75) is 18.3 Å². The SMILES string of the molecule is C=CCn1c(COc2ccccc2OC)nnc1SCC(=O)Nc1c(Cl)cc(Cl)cc1Cl. The molecule has 0 bridgehead atoms. The standard InChI is InChI=1S/C21H19Cl3N4O3S/c1-3-8-28-18(11-31-17-7-5-4-6-16(17)30-2)26-27-21(28)32-12-19(29)25-20-14(23)9-13(22)10-15(20)24/h3-7,9-10H,1,8,11-12H2,2H3,(H,25,29). The molecule has 0 saturated carbocycles. The lowest BCUT2D eigenvalue weighted by Crippen LogP contribution is -2.15. The zero-order valence-corrected chi connectivity index (χ0v) is 20.1. The molecule has 0 atom stereocenters. The molecule has 0 unspecified atom stereocenters. The maximum Gasteiger partial charge on any atom is 0.234 e. The molecule has 1 N–H and O–H groups in total. The van der Waals surface area contributed by atoms with Crippen LogP contribution in [0.4, 0.5) is 5.69 Å². The van der Waals surface area contributed by atoms with Gasteiger partial charge in [-0.15, -0.1) is 16.8 Å². The smallest absolute Gasteiger partial charge is 0.234 e. The number of anilines is 1. The zero-order valence-electron chi connectivity index (χ0n) is 17.0. The Morgan fingerprint density at radius 1 is 1.19 bits per heavy atom. The highest BCUT2D eigenvalue weighted by Gasteiger charge is 2.16. The van der Waals surface area contributed by atoms with E-state index in [1.807, 2.05) is 22.8 Å². The van der Waals surface area contributed by atoms with Gasteiger partial charge in [0.25, 0.3) is 0 Å². The van der Waals surface area contributed by atoms with Crippen molar-refractivity contribution in [1.29, 1.82) is 0 Å². The lowest BCUT2D eigenvalue weighted by atomic mass is 10.3. The van der Waals surface area contributed by atoms with Crippen LogP contribution < -0.4 is 14.8 Å². The Labute approximate surface area is 204 Å². The number of hydrogen-bond acceptors (Lipinski definition) is 6. The summed E-state index contributed by atoms with van der Waals surface area (Å²) in [6, 6.07) is 10.3. The van der Waals surface area contributed by atoms with E-state index < -0.39 is 0 Å².